The van der Waals surface area contributed by atoms with Crippen molar-refractivity contribution in [2.45, 2.75) is 37.5 Å². The van der Waals surface area contributed by atoms with Crippen LogP contribution >= 0.6 is 0 Å². The van der Waals surface area contributed by atoms with E-state index in [1.807, 2.05) is 0 Å². The van der Waals surface area contributed by atoms with Gasteiger partial charge in [0.2, 0.25) is 5.78 Å². The summed E-state index contributed by atoms with van der Waals surface area (Å²) in [6, 6.07) is 1.66. The van der Waals surface area contributed by atoms with Crippen molar-refractivity contribution in [3.8, 4) is 5.75 Å². The van der Waals surface area contributed by atoms with Crippen molar-refractivity contribution in [1.82, 2.24) is 4.90 Å². The van der Waals surface area contributed by atoms with Crippen LogP contribution in [0.3, 0.4) is 0 Å². The maximum Gasteiger partial charge on any atom is 0.330 e. The summed E-state index contributed by atoms with van der Waals surface area (Å²) in [5, 5.41) is 56.5. The number of aromatic hydroxyl groups is 1. The van der Waals surface area contributed by atoms with Gasteiger partial charge in [0.1, 0.15) is 22.8 Å². The third-order valence-corrected chi connectivity index (χ3v) is 7.85. The third-order valence-electron chi connectivity index (χ3n) is 7.85. The van der Waals surface area contributed by atoms with Crippen LogP contribution in [0.2, 0.25) is 0 Å². The van der Waals surface area contributed by atoms with Gasteiger partial charge in [0.05, 0.1) is 30.2 Å². The fourth-order valence-corrected chi connectivity index (χ4v) is 6.12. The number of nitrogens with two attached hydrogens (primary N) is 1. The van der Waals surface area contributed by atoms with Crippen LogP contribution in [0.25, 0.3) is 6.08 Å². The highest BCUT2D eigenvalue weighted by molar-refractivity contribution is 6.25. The molecule has 12 nitrogen and oxygen atoms in total. The van der Waals surface area contributed by atoms with Gasteiger partial charge >= 0.3 is 5.97 Å². The van der Waals surface area contributed by atoms with Crippen molar-refractivity contribution >= 4 is 29.5 Å². The Morgan fingerprint density at radius 1 is 1.18 bits per heavy atom. The highest BCUT2D eigenvalue weighted by Gasteiger charge is 2.67. The highest BCUT2D eigenvalue weighted by Crippen LogP contribution is 2.55. The van der Waals surface area contributed by atoms with Crippen molar-refractivity contribution in [2.24, 2.45) is 17.6 Å². The minimum absolute atomic E-state index is 0.0825. The van der Waals surface area contributed by atoms with Gasteiger partial charge in [0.15, 0.2) is 11.4 Å². The first kappa shape index (κ1) is 28.0. The zero-order valence-corrected chi connectivity index (χ0v) is 21.7. The summed E-state index contributed by atoms with van der Waals surface area (Å²) >= 11 is 0. The number of carbonyl (C=O) groups is 4. The molecule has 0 saturated heterocycles. The number of primary amides is 1. The van der Waals surface area contributed by atoms with Crippen molar-refractivity contribution in [3.05, 3.63) is 57.6 Å². The van der Waals surface area contributed by atoms with E-state index in [0.29, 0.717) is 5.56 Å². The normalized spacial score (nSPS) is 30.4. The lowest BCUT2D eigenvalue weighted by Gasteiger charge is -2.53. The molecule has 39 heavy (non-hydrogen) atoms. The molecule has 6 atom stereocenters. The van der Waals surface area contributed by atoms with Crippen LogP contribution in [-0.2, 0) is 19.1 Å². The van der Waals surface area contributed by atoms with Gasteiger partial charge in [-0.15, -0.1) is 0 Å². The fourth-order valence-electron chi connectivity index (χ4n) is 6.12. The number of aliphatic hydroxyl groups excluding tert-OH is 3. The van der Waals surface area contributed by atoms with E-state index in [9.17, 15) is 44.7 Å². The Hall–Kier alpha value is -4.00. The summed E-state index contributed by atoms with van der Waals surface area (Å²) in [7, 11) is 2.93. The molecule has 0 fully saturated rings. The Morgan fingerprint density at radius 3 is 2.38 bits per heavy atom. The van der Waals surface area contributed by atoms with Crippen molar-refractivity contribution < 1.29 is 49.4 Å². The molecule has 0 unspecified atom stereocenters. The number of benzene rings is 1. The average Bonchev–Trinajstić information content (AvgIpc) is 2.85. The van der Waals surface area contributed by atoms with Crippen molar-refractivity contribution in [3.63, 3.8) is 0 Å². The summed E-state index contributed by atoms with van der Waals surface area (Å²) in [5.41, 5.74) is 1.00. The van der Waals surface area contributed by atoms with Gasteiger partial charge < -0.3 is 36.0 Å². The van der Waals surface area contributed by atoms with Crippen LogP contribution in [0.1, 0.15) is 41.3 Å². The van der Waals surface area contributed by atoms with Gasteiger partial charge in [-0.25, -0.2) is 4.79 Å². The Labute approximate surface area is 223 Å². The number of hydrogen-bond donors (Lipinski definition) is 6. The highest BCUT2D eigenvalue weighted by atomic mass is 16.5. The zero-order valence-electron chi connectivity index (χ0n) is 21.7. The molecule has 0 radical (unpaired) electrons. The lowest BCUT2D eigenvalue weighted by Crippen LogP contribution is -2.68. The second kappa shape index (κ2) is 9.63. The maximum absolute atomic E-state index is 13.8. The van der Waals surface area contributed by atoms with Crippen LogP contribution in [-0.4, -0.2) is 92.3 Å². The van der Waals surface area contributed by atoms with E-state index in [0.717, 1.165) is 6.08 Å². The second-order valence-corrected chi connectivity index (χ2v) is 10.1. The fraction of sp³-hybridized carbons (Fsp3) is 0.407. The molecule has 7 N–H and O–H groups in total. The molecule has 0 aromatic heterocycles. The molecule has 1 aromatic rings. The first-order valence-corrected chi connectivity index (χ1v) is 12.2. The Kier molecular flexibility index (Phi) is 6.92. The first-order chi connectivity index (χ1) is 18.2. The van der Waals surface area contributed by atoms with Crippen LogP contribution in [0.4, 0.5) is 0 Å². The van der Waals surface area contributed by atoms with Gasteiger partial charge in [-0.3, -0.25) is 19.3 Å². The van der Waals surface area contributed by atoms with Crippen LogP contribution in [0, 0.1) is 11.8 Å². The predicted molar refractivity (Wildman–Crippen MR) is 135 cm³/mol. The van der Waals surface area contributed by atoms with E-state index >= 15 is 0 Å². The molecule has 0 heterocycles. The monoisotopic (exact) mass is 542 g/mol. The summed E-state index contributed by atoms with van der Waals surface area (Å²) < 4.78 is 4.82. The number of likely N-dealkylation sites (N-methyl/N-ethyl adjacent to an activating group) is 1. The number of phenolic OH excluding ortho intramolecular Hbond substituents is 1. The number of amides is 1. The Balaban J connectivity index is 1.95. The van der Waals surface area contributed by atoms with Crippen LogP contribution in [0.5, 0.6) is 5.75 Å². The molecule has 0 spiro atoms. The SMILES string of the molecule is CCOC(=O)/C=C/c1ccc2c(c1O)C(=O)C1=C(O)[C@@]3(O)C(=O)C(C(N)=O)=C(O)[C@H](N(C)C)[C@H]3[C@H](O)[C@H]1[C@@H]2C. The number of Topliss-reactive ketones (excluding diaryl/α,β-unsaturated/α-hetero) is 2. The first-order valence-electron chi connectivity index (χ1n) is 12.2. The lowest BCUT2D eigenvalue weighted by atomic mass is 9.55. The molecule has 12 heteroatoms. The number of carbonyl (C=O) groups excluding carboxylic acids is 4. The van der Waals surface area contributed by atoms with Crippen molar-refractivity contribution in [2.75, 3.05) is 20.7 Å². The van der Waals surface area contributed by atoms with E-state index in [2.05, 4.69) is 0 Å². The number of hydrogen-bond acceptors (Lipinski definition) is 11. The number of esters is 1. The van der Waals surface area contributed by atoms with E-state index in [4.69, 9.17) is 10.5 Å². The summed E-state index contributed by atoms with van der Waals surface area (Å²) in [4.78, 5) is 52.3. The molecule has 1 amide bonds. The number of fused-ring (bicyclic) bond motifs is 3. The van der Waals surface area contributed by atoms with Gasteiger partial charge in [-0.05, 0) is 38.6 Å². The lowest BCUT2D eigenvalue weighted by molar-refractivity contribution is -0.162. The summed E-state index contributed by atoms with van der Waals surface area (Å²) in [6.45, 7) is 3.38. The number of rotatable bonds is 5. The molecule has 0 saturated carbocycles. The number of nitrogens with zero attached hydrogens (tertiary/aromatic N) is 1. The van der Waals surface area contributed by atoms with Crippen LogP contribution in [0.15, 0.2) is 40.9 Å². The van der Waals surface area contributed by atoms with Gasteiger partial charge in [-0.1, -0.05) is 19.1 Å². The summed E-state index contributed by atoms with van der Waals surface area (Å²) in [5.74, 6) is -10.3. The quantitative estimate of drug-likeness (QED) is 0.169. The molecule has 4 rings (SSSR count). The van der Waals surface area contributed by atoms with E-state index < -0.39 is 87.4 Å². The van der Waals surface area contributed by atoms with E-state index in [-0.39, 0.29) is 17.7 Å². The molecule has 1 aromatic carbocycles. The molecule has 3 aliphatic carbocycles. The number of ketones is 2. The minimum Gasteiger partial charge on any atom is -0.510 e. The van der Waals surface area contributed by atoms with Gasteiger partial charge in [0.25, 0.3) is 5.91 Å². The smallest absolute Gasteiger partial charge is 0.330 e. The number of phenols is 1. The number of aliphatic hydroxyl groups is 4. The molecular weight excluding hydrogens is 512 g/mol. The third kappa shape index (κ3) is 3.86. The molecule has 0 bridgehead atoms. The van der Waals surface area contributed by atoms with Crippen LogP contribution < -0.4 is 5.73 Å². The predicted octanol–water partition coefficient (Wildman–Crippen LogP) is 0.229. The molecule has 208 valence electrons. The van der Waals surface area contributed by atoms with Gasteiger partial charge in [0, 0.05) is 23.1 Å². The minimum atomic E-state index is -2.99. The zero-order chi connectivity index (χ0) is 29.1. The molecular formula is C27H30N2O10. The van der Waals surface area contributed by atoms with Gasteiger partial charge in [-0.2, -0.15) is 0 Å². The maximum atomic E-state index is 13.8. The topological polar surface area (TPSA) is 208 Å². The Bertz CT molecular complexity index is 1390. The summed E-state index contributed by atoms with van der Waals surface area (Å²) in [6.07, 6.45) is 0.626. The molecule has 3 aliphatic rings. The molecule has 0 aliphatic heterocycles. The van der Waals surface area contributed by atoms with Crippen molar-refractivity contribution in [1.29, 1.82) is 0 Å². The average molecular weight is 543 g/mol. The second-order valence-electron chi connectivity index (χ2n) is 10.1. The largest absolute Gasteiger partial charge is 0.510 e. The number of ether oxygens (including phenoxy) is 1. The van der Waals surface area contributed by atoms with E-state index in [1.165, 1.54) is 37.2 Å². The van der Waals surface area contributed by atoms with E-state index in [1.54, 1.807) is 13.8 Å². The standard InChI is InChI=1S/C27H30N2O10/c1-5-39-13(30)9-7-11-6-8-12-10(2)14-16(21(32)15(12)20(11)31)24(35)27(38)18(22(14)33)19(29(3)4)23(34)17(25(27)36)26(28)37/h6-10,14,18-19,22,31,33-35,38H,5H2,1-4H3,(H2,28,37)/b9-7+/t10-,14+,18+,19-,22-,27-/m1/s1. The Morgan fingerprint density at radius 2 is 1.82 bits per heavy atom.